The van der Waals surface area contributed by atoms with E-state index in [1.807, 2.05) is 0 Å². The summed E-state index contributed by atoms with van der Waals surface area (Å²) in [7, 11) is 0. The van der Waals surface area contributed by atoms with Crippen molar-refractivity contribution < 1.29 is 35.9 Å². The maximum atomic E-state index is 9.75. The minimum atomic E-state index is -0.861. The van der Waals surface area contributed by atoms with Crippen LogP contribution in [-0.4, -0.2) is 9.97 Å². The van der Waals surface area contributed by atoms with Gasteiger partial charge in [0.25, 0.3) is 0 Å². The Morgan fingerprint density at radius 2 is 1.13 bits per heavy atom. The molecule has 0 unspecified atom stereocenters. The van der Waals surface area contributed by atoms with Crippen molar-refractivity contribution in [1.82, 2.24) is 9.97 Å². The molecule has 0 bridgehead atoms. The maximum absolute atomic E-state index is 9.75. The van der Waals surface area contributed by atoms with E-state index in [1.165, 1.54) is 0 Å². The molecule has 45 heavy (non-hydrogen) atoms. The van der Waals surface area contributed by atoms with Crippen molar-refractivity contribution in [2.75, 3.05) is 0 Å². The normalized spacial score (nSPS) is 18.7. The van der Waals surface area contributed by atoms with Gasteiger partial charge < -0.3 is 4.42 Å². The molecule has 0 fully saturated rings. The number of furan rings is 1. The molecule has 7 aromatic carbocycles. The molecular formula is C42H26N2O. The Hall–Kier alpha value is -6.06. The molecule has 0 aliphatic carbocycles. The zero-order chi connectivity index (χ0) is 49.8. The van der Waals surface area contributed by atoms with E-state index in [9.17, 15) is 5.48 Å². The van der Waals surface area contributed by atoms with E-state index < -0.39 is 184 Å². The van der Waals surface area contributed by atoms with E-state index in [2.05, 4.69) is 9.97 Å². The van der Waals surface area contributed by atoms with Crippen LogP contribution in [0.1, 0.15) is 31.5 Å². The molecule has 0 N–H and O–H groups in total. The highest BCUT2D eigenvalue weighted by molar-refractivity contribution is 6.19. The second-order valence-electron chi connectivity index (χ2n) is 9.61. The molecular weight excluding hydrogens is 548 g/mol. The Morgan fingerprint density at radius 1 is 0.444 bits per heavy atom. The SMILES string of the molecule is [2H]c1cc(-c2c([2H])c([2H])c(-c3nc(-c4c([2H])c5c6cc([2H])c(-c7c([2H])c([2H])c([2H])c([2H])c7[2H])c([2H])c6oc5c5c([2H])c([2H])c([2H])cc45)nc4c([2H])c([2H])c([2H])c([2H])c34)c([2H])c2[2H])c([2H])c([2H])c1[2H]. The highest BCUT2D eigenvalue weighted by atomic mass is 16.3. The molecule has 210 valence electrons. The van der Waals surface area contributed by atoms with Gasteiger partial charge in [0.05, 0.1) is 42.7 Å². The number of hydrogen-bond acceptors (Lipinski definition) is 3. The van der Waals surface area contributed by atoms with Crippen molar-refractivity contribution in [1.29, 1.82) is 0 Å². The second kappa shape index (κ2) is 10.3. The van der Waals surface area contributed by atoms with E-state index in [4.69, 9.17) is 30.5 Å². The highest BCUT2D eigenvalue weighted by Crippen LogP contribution is 2.41. The first kappa shape index (κ1) is 11.5. The van der Waals surface area contributed by atoms with Crippen molar-refractivity contribution in [2.45, 2.75) is 0 Å². The standard InChI is InChI=1S/C42H26N2O/c1-3-11-27(12-4-1)29-19-21-30(22-20-29)40-35-17-9-10-18-38(35)43-42(44-40)37-26-36-33-24-23-31(28-13-5-2-6-14-28)25-39(33)45-41(36)34-16-8-7-15-32(34)37/h1-26H/i1D,2D,3D,4D,5D,6D,7D,8D,9D,10D,11D,13D,14D,16D,17D,18D,19D,20D,21D,22D,23D,25D,26D. The molecule has 2 aromatic heterocycles. The minimum Gasteiger partial charge on any atom is -0.455 e. The van der Waals surface area contributed by atoms with E-state index in [-0.39, 0.29) is 43.8 Å². The molecule has 0 atom stereocenters. The average Bonchev–Trinajstić information content (AvgIpc) is 3.68. The lowest BCUT2D eigenvalue weighted by molar-refractivity contribution is 0.673. The van der Waals surface area contributed by atoms with E-state index in [0.29, 0.717) is 0 Å². The van der Waals surface area contributed by atoms with E-state index in [1.54, 1.807) is 0 Å². The quantitative estimate of drug-likeness (QED) is 0.203. The number of nitrogens with zero attached hydrogens (tertiary/aromatic N) is 2. The van der Waals surface area contributed by atoms with Gasteiger partial charge in [-0.1, -0.05) is 133 Å². The number of benzene rings is 7. The molecule has 9 aromatic rings. The van der Waals surface area contributed by atoms with Gasteiger partial charge in [-0.25, -0.2) is 9.97 Å². The van der Waals surface area contributed by atoms with Gasteiger partial charge in [-0.15, -0.1) is 0 Å². The smallest absolute Gasteiger partial charge is 0.161 e. The molecule has 0 spiro atoms. The van der Waals surface area contributed by atoms with Crippen molar-refractivity contribution >= 4 is 43.6 Å². The minimum absolute atomic E-state index is 0.142. The second-order valence-corrected chi connectivity index (χ2v) is 9.61. The van der Waals surface area contributed by atoms with Gasteiger partial charge in [0, 0.05) is 32.7 Å². The Kier molecular flexibility index (Phi) is 2.62. The molecule has 0 saturated heterocycles. The largest absolute Gasteiger partial charge is 0.455 e. The van der Waals surface area contributed by atoms with Crippen LogP contribution in [0.4, 0.5) is 0 Å². The first-order valence-corrected chi connectivity index (χ1v) is 13.3. The van der Waals surface area contributed by atoms with Crippen LogP contribution in [0.3, 0.4) is 0 Å². The van der Waals surface area contributed by atoms with Crippen LogP contribution >= 0.6 is 0 Å². The summed E-state index contributed by atoms with van der Waals surface area (Å²) < 4.78 is 206. The topological polar surface area (TPSA) is 38.9 Å². The fourth-order valence-corrected chi connectivity index (χ4v) is 5.00. The van der Waals surface area contributed by atoms with Crippen LogP contribution in [0.25, 0.3) is 88.5 Å². The van der Waals surface area contributed by atoms with Gasteiger partial charge in [-0.2, -0.15) is 0 Å². The molecule has 0 aliphatic heterocycles. The van der Waals surface area contributed by atoms with Crippen LogP contribution in [0.5, 0.6) is 0 Å². The molecule has 3 heteroatoms. The monoisotopic (exact) mass is 597 g/mol. The molecule has 3 nitrogen and oxygen atoms in total. The maximum Gasteiger partial charge on any atom is 0.161 e. The van der Waals surface area contributed by atoms with E-state index >= 15 is 0 Å². The predicted molar refractivity (Wildman–Crippen MR) is 186 cm³/mol. The third-order valence-electron chi connectivity index (χ3n) is 7.03. The van der Waals surface area contributed by atoms with Crippen LogP contribution in [0, 0.1) is 0 Å². The lowest BCUT2D eigenvalue weighted by Crippen LogP contribution is -1.96. The third-order valence-corrected chi connectivity index (χ3v) is 7.03. The Morgan fingerprint density at radius 3 is 2.02 bits per heavy atom. The number of aromatic nitrogens is 2. The fraction of sp³-hybridized carbons (Fsp3) is 0. The number of hydrogen-bond donors (Lipinski definition) is 0. The van der Waals surface area contributed by atoms with Gasteiger partial charge in [-0.3, -0.25) is 0 Å². The van der Waals surface area contributed by atoms with Gasteiger partial charge in [0.15, 0.2) is 5.82 Å². The summed E-state index contributed by atoms with van der Waals surface area (Å²) in [5.74, 6) is -0.591. The molecule has 0 amide bonds. The summed E-state index contributed by atoms with van der Waals surface area (Å²) in [4.78, 5) is 9.09. The fourth-order valence-electron chi connectivity index (χ4n) is 5.00. The summed E-state index contributed by atoms with van der Waals surface area (Å²) in [5, 5.41) is -1.34. The summed E-state index contributed by atoms with van der Waals surface area (Å²) in [6, 6.07) is -13.1. The Bertz CT molecular complexity index is 3790. The average molecular weight is 598 g/mol. The first-order chi connectivity index (χ1) is 31.8. The van der Waals surface area contributed by atoms with Crippen LogP contribution in [0.2, 0.25) is 0 Å². The number of para-hydroxylation sites is 1. The van der Waals surface area contributed by atoms with Crippen molar-refractivity contribution in [3.8, 4) is 44.9 Å². The van der Waals surface area contributed by atoms with Crippen LogP contribution < -0.4 is 0 Å². The lowest BCUT2D eigenvalue weighted by Gasteiger charge is -2.12. The number of fused-ring (bicyclic) bond motifs is 6. The van der Waals surface area contributed by atoms with Crippen molar-refractivity contribution in [3.63, 3.8) is 0 Å². The Balaban J connectivity index is 1.44. The zero-order valence-corrected chi connectivity index (χ0v) is 22.5. The predicted octanol–water partition coefficient (Wildman–Crippen LogP) is 11.4. The van der Waals surface area contributed by atoms with Gasteiger partial charge in [0.2, 0.25) is 0 Å². The summed E-state index contributed by atoms with van der Waals surface area (Å²) in [5.41, 5.74) is -4.71. The van der Waals surface area contributed by atoms with Crippen molar-refractivity contribution in [3.05, 3.63) is 157 Å². The molecule has 0 radical (unpaired) electrons. The summed E-state index contributed by atoms with van der Waals surface area (Å²) in [6.45, 7) is 0. The molecule has 2 heterocycles. The molecule has 0 saturated carbocycles. The van der Waals surface area contributed by atoms with Crippen LogP contribution in [-0.2, 0) is 0 Å². The molecule has 9 rings (SSSR count). The summed E-state index contributed by atoms with van der Waals surface area (Å²) >= 11 is 0. The van der Waals surface area contributed by atoms with Gasteiger partial charge in [0.1, 0.15) is 11.2 Å². The highest BCUT2D eigenvalue weighted by Gasteiger charge is 2.18. The zero-order valence-electron chi connectivity index (χ0n) is 45.5. The Labute approximate surface area is 292 Å². The van der Waals surface area contributed by atoms with Gasteiger partial charge >= 0.3 is 0 Å². The van der Waals surface area contributed by atoms with Crippen LogP contribution in [0.15, 0.2) is 162 Å². The third kappa shape index (κ3) is 4.29. The summed E-state index contributed by atoms with van der Waals surface area (Å²) in [6.07, 6.45) is 0. The van der Waals surface area contributed by atoms with E-state index in [0.717, 1.165) is 18.2 Å². The van der Waals surface area contributed by atoms with Gasteiger partial charge in [-0.05, 0) is 51.8 Å². The first-order valence-electron chi connectivity index (χ1n) is 24.8. The van der Waals surface area contributed by atoms with Crippen molar-refractivity contribution in [2.24, 2.45) is 0 Å². The lowest BCUT2D eigenvalue weighted by atomic mass is 9.98. The number of rotatable bonds is 4. The molecule has 0 aliphatic rings.